The van der Waals surface area contributed by atoms with Crippen LogP contribution in [0.5, 0.6) is 5.75 Å². The Morgan fingerprint density at radius 3 is 2.59 bits per heavy atom. The number of benzene rings is 1. The number of nitrogens with zero attached hydrogens (tertiary/aromatic N) is 2. The van der Waals surface area contributed by atoms with E-state index >= 15 is 0 Å². The first-order valence-corrected chi connectivity index (χ1v) is 6.52. The lowest BCUT2D eigenvalue weighted by molar-refractivity contribution is -0.118. The van der Waals surface area contributed by atoms with E-state index < -0.39 is 11.9 Å². The van der Waals surface area contributed by atoms with Crippen molar-refractivity contribution in [1.29, 1.82) is 0 Å². The summed E-state index contributed by atoms with van der Waals surface area (Å²) in [5, 5.41) is 3.70. The number of carbonyl (C=O) groups excluding carboxylic acids is 2. The molecular weight excluding hydrogens is 290 g/mol. The van der Waals surface area contributed by atoms with Crippen LogP contribution in [0, 0.1) is 6.92 Å². The monoisotopic (exact) mass is 305 g/mol. The van der Waals surface area contributed by atoms with Crippen LogP contribution in [0.1, 0.15) is 28.5 Å². The second-order valence-corrected chi connectivity index (χ2v) is 4.39. The van der Waals surface area contributed by atoms with Gasteiger partial charge in [0.2, 0.25) is 17.6 Å². The standard InChI is InChI=1S/C14H15N3O5/c1-9-16-13(17-22-9)8-21-11-4-2-10(3-5-11)14(19)20-7-6-12(15)18/h2-5H,6-8H2,1H3,(H2,15,18). The fourth-order valence-electron chi connectivity index (χ4n) is 1.56. The summed E-state index contributed by atoms with van der Waals surface area (Å²) in [4.78, 5) is 26.2. The van der Waals surface area contributed by atoms with Gasteiger partial charge in [0.15, 0.2) is 6.61 Å². The van der Waals surface area contributed by atoms with E-state index in [-0.39, 0.29) is 19.6 Å². The van der Waals surface area contributed by atoms with Crippen molar-refractivity contribution in [3.8, 4) is 5.75 Å². The lowest BCUT2D eigenvalue weighted by Gasteiger charge is -2.05. The lowest BCUT2D eigenvalue weighted by atomic mass is 10.2. The molecule has 0 aliphatic heterocycles. The molecule has 0 radical (unpaired) electrons. The van der Waals surface area contributed by atoms with Crippen LogP contribution in [-0.2, 0) is 16.1 Å². The fourth-order valence-corrected chi connectivity index (χ4v) is 1.56. The maximum absolute atomic E-state index is 11.7. The molecule has 2 N–H and O–H groups in total. The highest BCUT2D eigenvalue weighted by Gasteiger charge is 2.08. The molecule has 2 rings (SSSR count). The molecule has 1 amide bonds. The van der Waals surface area contributed by atoms with E-state index in [9.17, 15) is 9.59 Å². The van der Waals surface area contributed by atoms with Crippen LogP contribution in [0.3, 0.4) is 0 Å². The van der Waals surface area contributed by atoms with Crippen LogP contribution in [0.4, 0.5) is 0 Å². The van der Waals surface area contributed by atoms with E-state index in [1.54, 1.807) is 31.2 Å². The highest BCUT2D eigenvalue weighted by molar-refractivity contribution is 5.89. The number of ether oxygens (including phenoxy) is 2. The van der Waals surface area contributed by atoms with E-state index in [0.29, 0.717) is 23.0 Å². The minimum absolute atomic E-state index is 0.00292. The van der Waals surface area contributed by atoms with Crippen molar-refractivity contribution in [1.82, 2.24) is 10.1 Å². The number of rotatable bonds is 7. The molecule has 8 nitrogen and oxygen atoms in total. The predicted octanol–water partition coefficient (Wildman–Crippen LogP) is 0.989. The quantitative estimate of drug-likeness (QED) is 0.758. The van der Waals surface area contributed by atoms with Gasteiger partial charge in [0, 0.05) is 6.92 Å². The summed E-state index contributed by atoms with van der Waals surface area (Å²) in [6.45, 7) is 1.82. The predicted molar refractivity (Wildman–Crippen MR) is 73.9 cm³/mol. The highest BCUT2D eigenvalue weighted by atomic mass is 16.5. The lowest BCUT2D eigenvalue weighted by Crippen LogP contribution is -2.15. The van der Waals surface area contributed by atoms with Gasteiger partial charge >= 0.3 is 5.97 Å². The van der Waals surface area contributed by atoms with Crippen molar-refractivity contribution in [3.05, 3.63) is 41.5 Å². The van der Waals surface area contributed by atoms with E-state index in [1.165, 1.54) is 0 Å². The number of amides is 1. The topological polar surface area (TPSA) is 118 Å². The number of hydrogen-bond acceptors (Lipinski definition) is 7. The van der Waals surface area contributed by atoms with E-state index in [2.05, 4.69) is 10.1 Å². The first-order valence-electron chi connectivity index (χ1n) is 6.52. The molecule has 0 spiro atoms. The number of carbonyl (C=O) groups is 2. The van der Waals surface area contributed by atoms with Crippen molar-refractivity contribution >= 4 is 11.9 Å². The van der Waals surface area contributed by atoms with Gasteiger partial charge in [0.05, 0.1) is 12.0 Å². The molecule has 0 aliphatic rings. The van der Waals surface area contributed by atoms with Gasteiger partial charge in [-0.1, -0.05) is 5.16 Å². The highest BCUT2D eigenvalue weighted by Crippen LogP contribution is 2.14. The zero-order valence-electron chi connectivity index (χ0n) is 11.9. The second-order valence-electron chi connectivity index (χ2n) is 4.39. The van der Waals surface area contributed by atoms with Gasteiger partial charge in [-0.25, -0.2) is 4.79 Å². The van der Waals surface area contributed by atoms with Crippen LogP contribution in [0.15, 0.2) is 28.8 Å². The average Bonchev–Trinajstić information content (AvgIpc) is 2.91. The summed E-state index contributed by atoms with van der Waals surface area (Å²) in [6.07, 6.45) is -0.00292. The van der Waals surface area contributed by atoms with Gasteiger partial charge in [0.1, 0.15) is 12.4 Å². The van der Waals surface area contributed by atoms with E-state index in [4.69, 9.17) is 19.7 Å². The molecule has 1 aromatic carbocycles. The Hall–Kier alpha value is -2.90. The minimum Gasteiger partial charge on any atom is -0.485 e. The van der Waals surface area contributed by atoms with Crippen LogP contribution in [0.2, 0.25) is 0 Å². The average molecular weight is 305 g/mol. The Balaban J connectivity index is 1.84. The summed E-state index contributed by atoms with van der Waals surface area (Å²) in [5.74, 6) is 0.408. The number of aryl methyl sites for hydroxylation is 1. The van der Waals surface area contributed by atoms with Gasteiger partial charge in [-0.15, -0.1) is 0 Å². The van der Waals surface area contributed by atoms with Gasteiger partial charge in [-0.2, -0.15) is 4.98 Å². The van der Waals surface area contributed by atoms with Crippen LogP contribution < -0.4 is 10.5 Å². The molecule has 0 saturated heterocycles. The molecule has 0 fully saturated rings. The Morgan fingerprint density at radius 1 is 1.27 bits per heavy atom. The number of primary amides is 1. The molecule has 0 atom stereocenters. The second kappa shape index (κ2) is 7.21. The van der Waals surface area contributed by atoms with Gasteiger partial charge < -0.3 is 19.7 Å². The van der Waals surface area contributed by atoms with E-state index in [0.717, 1.165) is 0 Å². The third kappa shape index (κ3) is 4.58. The van der Waals surface area contributed by atoms with Crippen LogP contribution >= 0.6 is 0 Å². The maximum atomic E-state index is 11.7. The summed E-state index contributed by atoms with van der Waals surface area (Å²) in [6, 6.07) is 6.36. The Kier molecular flexibility index (Phi) is 5.07. The maximum Gasteiger partial charge on any atom is 0.338 e. The molecule has 22 heavy (non-hydrogen) atoms. The molecule has 8 heteroatoms. The zero-order chi connectivity index (χ0) is 15.9. The van der Waals surface area contributed by atoms with Crippen molar-refractivity contribution < 1.29 is 23.6 Å². The largest absolute Gasteiger partial charge is 0.485 e. The van der Waals surface area contributed by atoms with Crippen molar-refractivity contribution in [2.24, 2.45) is 5.73 Å². The number of esters is 1. The number of aromatic nitrogens is 2. The molecule has 1 heterocycles. The first-order chi connectivity index (χ1) is 10.5. The molecule has 0 unspecified atom stereocenters. The Bertz CT molecular complexity index is 651. The van der Waals surface area contributed by atoms with Crippen molar-refractivity contribution in [3.63, 3.8) is 0 Å². The molecule has 0 bridgehead atoms. The van der Waals surface area contributed by atoms with Crippen LogP contribution in [-0.4, -0.2) is 28.6 Å². The third-order valence-electron chi connectivity index (χ3n) is 2.61. The third-order valence-corrected chi connectivity index (χ3v) is 2.61. The van der Waals surface area contributed by atoms with Gasteiger partial charge in [0.25, 0.3) is 0 Å². The molecular formula is C14H15N3O5. The smallest absolute Gasteiger partial charge is 0.338 e. The Labute approximate surface area is 126 Å². The van der Waals surface area contributed by atoms with Crippen molar-refractivity contribution in [2.45, 2.75) is 20.0 Å². The van der Waals surface area contributed by atoms with E-state index in [1.807, 2.05) is 0 Å². The summed E-state index contributed by atoms with van der Waals surface area (Å²) in [5.41, 5.74) is 5.31. The zero-order valence-corrected chi connectivity index (χ0v) is 11.9. The SMILES string of the molecule is Cc1nc(COc2ccc(C(=O)OCCC(N)=O)cc2)no1. The number of nitrogens with two attached hydrogens (primary N) is 1. The summed E-state index contributed by atoms with van der Waals surface area (Å²) < 4.78 is 15.2. The summed E-state index contributed by atoms with van der Waals surface area (Å²) >= 11 is 0. The molecule has 116 valence electrons. The van der Waals surface area contributed by atoms with Gasteiger partial charge in [-0.05, 0) is 24.3 Å². The first kappa shape index (κ1) is 15.5. The normalized spacial score (nSPS) is 10.2. The number of hydrogen-bond donors (Lipinski definition) is 1. The van der Waals surface area contributed by atoms with Gasteiger partial charge in [-0.3, -0.25) is 4.79 Å². The van der Waals surface area contributed by atoms with Crippen molar-refractivity contribution in [2.75, 3.05) is 6.61 Å². The Morgan fingerprint density at radius 2 is 2.00 bits per heavy atom. The molecule has 2 aromatic rings. The molecule has 0 aliphatic carbocycles. The molecule has 1 aromatic heterocycles. The fraction of sp³-hybridized carbons (Fsp3) is 0.286. The minimum atomic E-state index is -0.526. The summed E-state index contributed by atoms with van der Waals surface area (Å²) in [7, 11) is 0. The molecule has 0 saturated carbocycles. The van der Waals surface area contributed by atoms with Crippen LogP contribution in [0.25, 0.3) is 0 Å².